The Labute approximate surface area is 126 Å². The molecule has 0 aliphatic heterocycles. The van der Waals surface area contributed by atoms with Gasteiger partial charge in [0.1, 0.15) is 5.75 Å². The maximum absolute atomic E-state index is 10.1. The lowest BCUT2D eigenvalue weighted by molar-refractivity contribution is 0.170. The molecule has 1 N–H and O–H groups in total. The molecule has 0 saturated carbocycles. The summed E-state index contributed by atoms with van der Waals surface area (Å²) in [5.74, 6) is 2.06. The molecule has 0 aliphatic rings. The third-order valence-corrected chi connectivity index (χ3v) is 3.20. The minimum absolute atomic E-state index is 0.523. The number of ether oxygens (including phenoxy) is 2. The molecule has 2 aromatic rings. The lowest BCUT2D eigenvalue weighted by atomic mass is 10.1. The van der Waals surface area contributed by atoms with Gasteiger partial charge in [0.2, 0.25) is 0 Å². The average Bonchev–Trinajstić information content (AvgIpc) is 2.54. The molecule has 0 aromatic heterocycles. The molecule has 3 heteroatoms. The molecule has 0 saturated heterocycles. The zero-order valence-electron chi connectivity index (χ0n) is 12.6. The summed E-state index contributed by atoms with van der Waals surface area (Å²) >= 11 is 0. The minimum atomic E-state index is -0.523. The summed E-state index contributed by atoms with van der Waals surface area (Å²) in [6.07, 6.45) is 1.07. The van der Waals surface area contributed by atoms with E-state index in [0.717, 1.165) is 17.7 Å². The van der Waals surface area contributed by atoms with Crippen molar-refractivity contribution in [1.29, 1.82) is 0 Å². The Balaban J connectivity index is 2.26. The maximum Gasteiger partial charge on any atom is 0.169 e. The fourth-order valence-corrected chi connectivity index (χ4v) is 2.05. The third kappa shape index (κ3) is 3.99. The molecule has 2 rings (SSSR count). The van der Waals surface area contributed by atoms with Crippen molar-refractivity contribution in [3.8, 4) is 17.2 Å². The van der Waals surface area contributed by atoms with E-state index in [1.165, 1.54) is 0 Å². The summed E-state index contributed by atoms with van der Waals surface area (Å²) < 4.78 is 11.7. The van der Waals surface area contributed by atoms with Gasteiger partial charge in [0.05, 0.1) is 12.7 Å². The Bertz CT molecular complexity index is 566. The van der Waals surface area contributed by atoms with Crippen LogP contribution in [0.4, 0.5) is 0 Å². The summed E-state index contributed by atoms with van der Waals surface area (Å²) in [7, 11) is 0. The van der Waals surface area contributed by atoms with E-state index in [4.69, 9.17) is 9.47 Å². The zero-order valence-corrected chi connectivity index (χ0v) is 12.6. The molecule has 0 heterocycles. The van der Waals surface area contributed by atoms with Crippen LogP contribution in [0.25, 0.3) is 0 Å². The SMILES string of the molecule is CCCOc1ccccc1Oc1ccccc1[C@@H](O)CC. The van der Waals surface area contributed by atoms with Gasteiger partial charge in [-0.2, -0.15) is 0 Å². The third-order valence-electron chi connectivity index (χ3n) is 3.20. The number of aliphatic hydroxyl groups excluding tert-OH is 1. The predicted molar refractivity (Wildman–Crippen MR) is 84.0 cm³/mol. The molecular weight excluding hydrogens is 264 g/mol. The normalized spacial score (nSPS) is 12.0. The highest BCUT2D eigenvalue weighted by atomic mass is 16.5. The van der Waals surface area contributed by atoms with E-state index in [2.05, 4.69) is 6.92 Å². The molecule has 0 bridgehead atoms. The first-order chi connectivity index (χ1) is 10.3. The van der Waals surface area contributed by atoms with E-state index >= 15 is 0 Å². The molecule has 0 spiro atoms. The monoisotopic (exact) mass is 286 g/mol. The Morgan fingerprint density at radius 3 is 2.19 bits per heavy atom. The van der Waals surface area contributed by atoms with Gasteiger partial charge in [0.15, 0.2) is 11.5 Å². The van der Waals surface area contributed by atoms with Crippen molar-refractivity contribution in [3.05, 3.63) is 54.1 Å². The van der Waals surface area contributed by atoms with Gasteiger partial charge in [-0.15, -0.1) is 0 Å². The van der Waals surface area contributed by atoms with Gasteiger partial charge in [-0.25, -0.2) is 0 Å². The van der Waals surface area contributed by atoms with E-state index in [-0.39, 0.29) is 0 Å². The fraction of sp³-hybridized carbons (Fsp3) is 0.333. The second-order valence-corrected chi connectivity index (χ2v) is 4.86. The van der Waals surface area contributed by atoms with E-state index in [0.29, 0.717) is 24.5 Å². The maximum atomic E-state index is 10.1. The minimum Gasteiger partial charge on any atom is -0.490 e. The zero-order chi connectivity index (χ0) is 15.1. The summed E-state index contributed by atoms with van der Waals surface area (Å²) in [4.78, 5) is 0. The molecule has 0 unspecified atom stereocenters. The number of hydrogen-bond acceptors (Lipinski definition) is 3. The van der Waals surface area contributed by atoms with Crippen LogP contribution in [-0.2, 0) is 0 Å². The van der Waals surface area contributed by atoms with Crippen LogP contribution < -0.4 is 9.47 Å². The highest BCUT2D eigenvalue weighted by Gasteiger charge is 2.13. The van der Waals surface area contributed by atoms with Gasteiger partial charge in [-0.3, -0.25) is 0 Å². The van der Waals surface area contributed by atoms with Crippen molar-refractivity contribution in [2.45, 2.75) is 32.8 Å². The number of benzene rings is 2. The molecule has 112 valence electrons. The number of rotatable bonds is 7. The lowest BCUT2D eigenvalue weighted by Gasteiger charge is -2.16. The first kappa shape index (κ1) is 15.4. The first-order valence-corrected chi connectivity index (χ1v) is 7.43. The Hall–Kier alpha value is -2.00. The molecule has 0 radical (unpaired) electrons. The molecule has 0 amide bonds. The van der Waals surface area contributed by atoms with Crippen LogP contribution in [0.5, 0.6) is 17.2 Å². The van der Waals surface area contributed by atoms with Crippen molar-refractivity contribution < 1.29 is 14.6 Å². The van der Waals surface area contributed by atoms with Gasteiger partial charge in [-0.05, 0) is 31.0 Å². The standard InChI is InChI=1S/C18H22O3/c1-3-13-20-17-11-7-8-12-18(17)21-16-10-6-5-9-14(16)15(19)4-2/h5-12,15,19H,3-4,13H2,1-2H3/t15-/m0/s1. The first-order valence-electron chi connectivity index (χ1n) is 7.43. The molecule has 3 nitrogen and oxygen atoms in total. The second kappa shape index (κ2) is 7.70. The molecular formula is C18H22O3. The highest BCUT2D eigenvalue weighted by Crippen LogP contribution is 2.35. The Morgan fingerprint density at radius 2 is 1.52 bits per heavy atom. The van der Waals surface area contributed by atoms with Crippen molar-refractivity contribution in [3.63, 3.8) is 0 Å². The average molecular weight is 286 g/mol. The smallest absolute Gasteiger partial charge is 0.169 e. The quantitative estimate of drug-likeness (QED) is 0.801. The summed E-state index contributed by atoms with van der Waals surface area (Å²) in [5.41, 5.74) is 0.797. The van der Waals surface area contributed by atoms with Crippen LogP contribution in [0.15, 0.2) is 48.5 Å². The van der Waals surface area contributed by atoms with E-state index < -0.39 is 6.10 Å². The van der Waals surface area contributed by atoms with Gasteiger partial charge >= 0.3 is 0 Å². The second-order valence-electron chi connectivity index (χ2n) is 4.86. The Morgan fingerprint density at radius 1 is 0.905 bits per heavy atom. The van der Waals surface area contributed by atoms with Crippen LogP contribution in [0.2, 0.25) is 0 Å². The van der Waals surface area contributed by atoms with E-state index in [9.17, 15) is 5.11 Å². The van der Waals surface area contributed by atoms with E-state index in [1.807, 2.05) is 55.5 Å². The fourth-order valence-electron chi connectivity index (χ4n) is 2.05. The van der Waals surface area contributed by atoms with Crippen LogP contribution in [0.3, 0.4) is 0 Å². The van der Waals surface area contributed by atoms with Crippen molar-refractivity contribution >= 4 is 0 Å². The highest BCUT2D eigenvalue weighted by molar-refractivity contribution is 5.45. The van der Waals surface area contributed by atoms with E-state index in [1.54, 1.807) is 0 Å². The predicted octanol–water partition coefficient (Wildman–Crippen LogP) is 4.71. The lowest BCUT2D eigenvalue weighted by Crippen LogP contribution is -2.00. The molecule has 0 aliphatic carbocycles. The van der Waals surface area contributed by atoms with Gasteiger partial charge in [0.25, 0.3) is 0 Å². The number of para-hydroxylation sites is 3. The molecule has 0 fully saturated rings. The summed E-state index contributed by atoms with van der Waals surface area (Å²) in [6.45, 7) is 4.66. The molecule has 2 aromatic carbocycles. The summed E-state index contributed by atoms with van der Waals surface area (Å²) in [6, 6.07) is 15.2. The van der Waals surface area contributed by atoms with Gasteiger partial charge in [0, 0.05) is 5.56 Å². The van der Waals surface area contributed by atoms with Crippen molar-refractivity contribution in [2.75, 3.05) is 6.61 Å². The van der Waals surface area contributed by atoms with Crippen LogP contribution in [0, 0.1) is 0 Å². The topological polar surface area (TPSA) is 38.7 Å². The Kier molecular flexibility index (Phi) is 5.64. The summed E-state index contributed by atoms with van der Waals surface area (Å²) in [5, 5.41) is 10.1. The molecule has 21 heavy (non-hydrogen) atoms. The number of hydrogen-bond donors (Lipinski definition) is 1. The van der Waals surface area contributed by atoms with Crippen molar-refractivity contribution in [1.82, 2.24) is 0 Å². The van der Waals surface area contributed by atoms with Gasteiger partial charge in [-0.1, -0.05) is 44.2 Å². The van der Waals surface area contributed by atoms with Crippen LogP contribution in [0.1, 0.15) is 38.4 Å². The van der Waals surface area contributed by atoms with Crippen LogP contribution >= 0.6 is 0 Å². The largest absolute Gasteiger partial charge is 0.490 e. The van der Waals surface area contributed by atoms with Crippen LogP contribution in [-0.4, -0.2) is 11.7 Å². The molecule has 1 atom stereocenters. The van der Waals surface area contributed by atoms with Crippen molar-refractivity contribution in [2.24, 2.45) is 0 Å². The van der Waals surface area contributed by atoms with Gasteiger partial charge < -0.3 is 14.6 Å². The number of aliphatic hydroxyl groups is 1.